The smallest absolute Gasteiger partial charge is 0.289 e. The van der Waals surface area contributed by atoms with Gasteiger partial charge in [-0.25, -0.2) is 0 Å². The van der Waals surface area contributed by atoms with Crippen LogP contribution in [0.15, 0.2) is 47.1 Å². The molecular weight excluding hydrogens is 418 g/mol. The van der Waals surface area contributed by atoms with Crippen molar-refractivity contribution in [2.45, 2.75) is 45.2 Å². The molecule has 2 aromatic rings. The van der Waals surface area contributed by atoms with E-state index in [0.29, 0.717) is 42.3 Å². The highest BCUT2D eigenvalue weighted by atomic mass is 35.5. The van der Waals surface area contributed by atoms with Crippen LogP contribution in [0.25, 0.3) is 0 Å². The van der Waals surface area contributed by atoms with Crippen molar-refractivity contribution in [3.05, 3.63) is 59.0 Å². The van der Waals surface area contributed by atoms with Crippen LogP contribution in [0, 0.1) is 5.92 Å². The van der Waals surface area contributed by atoms with E-state index in [4.69, 9.17) is 16.0 Å². The fourth-order valence-corrected chi connectivity index (χ4v) is 3.91. The number of carbonyl (C=O) groups is 3. The average Bonchev–Trinajstić information content (AvgIpc) is 3.32. The van der Waals surface area contributed by atoms with Crippen LogP contribution in [0.2, 0.25) is 5.02 Å². The van der Waals surface area contributed by atoms with Gasteiger partial charge in [0.2, 0.25) is 5.91 Å². The van der Waals surface area contributed by atoms with Crippen LogP contribution >= 0.6 is 11.6 Å². The van der Waals surface area contributed by atoms with E-state index in [0.717, 1.165) is 6.42 Å². The molecule has 0 bridgehead atoms. The molecule has 0 aliphatic carbocycles. The molecule has 1 aromatic heterocycles. The summed E-state index contributed by atoms with van der Waals surface area (Å²) < 4.78 is 5.21. The van der Waals surface area contributed by atoms with Crippen molar-refractivity contribution in [1.29, 1.82) is 0 Å². The lowest BCUT2D eigenvalue weighted by atomic mass is 9.88. The number of benzene rings is 1. The summed E-state index contributed by atoms with van der Waals surface area (Å²) in [5.74, 6) is -0.564. The zero-order valence-corrected chi connectivity index (χ0v) is 18.5. The van der Waals surface area contributed by atoms with Crippen molar-refractivity contribution in [1.82, 2.24) is 15.5 Å². The lowest BCUT2D eigenvalue weighted by Gasteiger charge is -2.35. The molecule has 1 saturated heterocycles. The number of rotatable bonds is 7. The molecule has 2 atom stereocenters. The summed E-state index contributed by atoms with van der Waals surface area (Å²) in [6.45, 7) is 4.88. The highest BCUT2D eigenvalue weighted by molar-refractivity contribution is 6.33. The van der Waals surface area contributed by atoms with Crippen LogP contribution in [-0.2, 0) is 4.79 Å². The molecule has 7 nitrogen and oxygen atoms in total. The Bertz CT molecular complexity index is 907. The van der Waals surface area contributed by atoms with E-state index in [1.54, 1.807) is 41.3 Å². The van der Waals surface area contributed by atoms with Gasteiger partial charge < -0.3 is 20.0 Å². The molecule has 1 aromatic carbocycles. The molecule has 1 fully saturated rings. The number of hydrogen-bond acceptors (Lipinski definition) is 4. The Kier molecular flexibility index (Phi) is 7.74. The molecule has 0 unspecified atom stereocenters. The van der Waals surface area contributed by atoms with Gasteiger partial charge in [-0.2, -0.15) is 0 Å². The second-order valence-corrected chi connectivity index (χ2v) is 8.26. The molecule has 0 saturated carbocycles. The number of carbonyl (C=O) groups excluding carboxylic acids is 3. The third kappa shape index (κ3) is 5.67. The van der Waals surface area contributed by atoms with Gasteiger partial charge >= 0.3 is 0 Å². The van der Waals surface area contributed by atoms with Crippen molar-refractivity contribution in [3.63, 3.8) is 0 Å². The Labute approximate surface area is 187 Å². The van der Waals surface area contributed by atoms with Crippen LogP contribution in [0.4, 0.5) is 0 Å². The van der Waals surface area contributed by atoms with E-state index < -0.39 is 6.04 Å². The molecule has 1 aliphatic heterocycles. The number of nitrogens with zero attached hydrogens (tertiary/aromatic N) is 1. The Morgan fingerprint density at radius 2 is 1.84 bits per heavy atom. The van der Waals surface area contributed by atoms with Gasteiger partial charge in [-0.1, -0.05) is 30.7 Å². The summed E-state index contributed by atoms with van der Waals surface area (Å²) >= 11 is 6.16. The second-order valence-electron chi connectivity index (χ2n) is 7.86. The lowest BCUT2D eigenvalue weighted by molar-refractivity contribution is -0.125. The van der Waals surface area contributed by atoms with Crippen molar-refractivity contribution in [2.24, 2.45) is 5.92 Å². The summed E-state index contributed by atoms with van der Waals surface area (Å²) in [6, 6.07) is 9.35. The van der Waals surface area contributed by atoms with E-state index in [1.807, 2.05) is 13.8 Å². The number of halogens is 1. The Morgan fingerprint density at radius 3 is 2.45 bits per heavy atom. The van der Waals surface area contributed by atoms with E-state index in [1.165, 1.54) is 6.26 Å². The summed E-state index contributed by atoms with van der Waals surface area (Å²) in [5.41, 5.74) is 0.330. The molecule has 2 N–H and O–H groups in total. The predicted octanol–water partition coefficient (Wildman–Crippen LogP) is 3.50. The second kappa shape index (κ2) is 10.5. The van der Waals surface area contributed by atoms with Gasteiger partial charge in [0.05, 0.1) is 16.8 Å². The molecule has 1 aliphatic rings. The molecule has 31 heavy (non-hydrogen) atoms. The molecule has 166 valence electrons. The lowest BCUT2D eigenvalue weighted by Crippen LogP contribution is -2.55. The average molecular weight is 446 g/mol. The topological polar surface area (TPSA) is 91.7 Å². The third-order valence-electron chi connectivity index (χ3n) is 5.72. The Hall–Kier alpha value is -2.80. The van der Waals surface area contributed by atoms with Crippen LogP contribution in [0.1, 0.15) is 54.0 Å². The van der Waals surface area contributed by atoms with Gasteiger partial charge in [-0.15, -0.1) is 0 Å². The van der Waals surface area contributed by atoms with Crippen LogP contribution in [-0.4, -0.2) is 47.8 Å². The SMILES string of the molecule is CC[C@H](C)NC(=O)[C@@H](NC(=O)c1ccccc1Cl)C1CCN(C(=O)c2ccco2)CC1. The number of piperidine rings is 1. The molecule has 3 rings (SSSR count). The maximum atomic E-state index is 13.0. The van der Waals surface area contributed by atoms with Crippen LogP contribution in [0.3, 0.4) is 0 Å². The van der Waals surface area contributed by atoms with E-state index in [9.17, 15) is 14.4 Å². The minimum atomic E-state index is -0.710. The highest BCUT2D eigenvalue weighted by Crippen LogP contribution is 2.24. The zero-order valence-electron chi connectivity index (χ0n) is 17.8. The first-order chi connectivity index (χ1) is 14.9. The number of amides is 3. The fourth-order valence-electron chi connectivity index (χ4n) is 3.69. The summed E-state index contributed by atoms with van der Waals surface area (Å²) in [6.07, 6.45) is 3.44. The standard InChI is InChI=1S/C23H28ClN3O4/c1-3-15(2)25-22(29)20(26-21(28)17-7-4-5-8-18(17)24)16-10-12-27(13-11-16)23(30)19-9-6-14-31-19/h4-9,14-16,20H,3,10-13H2,1-2H3,(H,25,29)(H,26,28)/t15-,20-/m0/s1. The largest absolute Gasteiger partial charge is 0.459 e. The summed E-state index contributed by atoms with van der Waals surface area (Å²) in [4.78, 5) is 40.1. The van der Waals surface area contributed by atoms with E-state index in [-0.39, 0.29) is 29.7 Å². The van der Waals surface area contributed by atoms with Gasteiger partial charge in [-0.05, 0) is 56.4 Å². The van der Waals surface area contributed by atoms with Gasteiger partial charge in [-0.3, -0.25) is 14.4 Å². The third-order valence-corrected chi connectivity index (χ3v) is 6.05. The van der Waals surface area contributed by atoms with E-state index in [2.05, 4.69) is 10.6 Å². The molecule has 8 heteroatoms. The monoisotopic (exact) mass is 445 g/mol. The maximum absolute atomic E-state index is 13.0. The molecular formula is C23H28ClN3O4. The van der Waals surface area contributed by atoms with Gasteiger partial charge in [0.1, 0.15) is 6.04 Å². The Morgan fingerprint density at radius 1 is 1.13 bits per heavy atom. The number of hydrogen-bond donors (Lipinski definition) is 2. The van der Waals surface area contributed by atoms with Crippen LogP contribution in [0.5, 0.6) is 0 Å². The molecule has 0 radical (unpaired) electrons. The van der Waals surface area contributed by atoms with E-state index >= 15 is 0 Å². The number of furan rings is 1. The number of nitrogens with one attached hydrogen (secondary N) is 2. The molecule has 3 amide bonds. The summed E-state index contributed by atoms with van der Waals surface area (Å²) in [5, 5.41) is 6.19. The quantitative estimate of drug-likeness (QED) is 0.682. The first-order valence-electron chi connectivity index (χ1n) is 10.6. The minimum absolute atomic E-state index is 0.00663. The summed E-state index contributed by atoms with van der Waals surface area (Å²) in [7, 11) is 0. The minimum Gasteiger partial charge on any atom is -0.459 e. The van der Waals surface area contributed by atoms with Crippen LogP contribution < -0.4 is 10.6 Å². The Balaban J connectivity index is 1.71. The zero-order chi connectivity index (χ0) is 22.4. The van der Waals surface area contributed by atoms with Crippen molar-refractivity contribution >= 4 is 29.3 Å². The molecule has 2 heterocycles. The fraction of sp³-hybridized carbons (Fsp3) is 0.435. The first kappa shape index (κ1) is 22.9. The van der Waals surface area contributed by atoms with Gasteiger partial charge in [0.15, 0.2) is 5.76 Å². The first-order valence-corrected chi connectivity index (χ1v) is 11.0. The maximum Gasteiger partial charge on any atom is 0.289 e. The van der Waals surface area contributed by atoms with Gasteiger partial charge in [0.25, 0.3) is 11.8 Å². The van der Waals surface area contributed by atoms with Crippen molar-refractivity contribution < 1.29 is 18.8 Å². The number of likely N-dealkylation sites (tertiary alicyclic amines) is 1. The predicted molar refractivity (Wildman–Crippen MR) is 118 cm³/mol. The molecule has 0 spiro atoms. The van der Waals surface area contributed by atoms with Crippen molar-refractivity contribution in [2.75, 3.05) is 13.1 Å². The normalized spacial score (nSPS) is 16.4. The van der Waals surface area contributed by atoms with Gasteiger partial charge in [0, 0.05) is 19.1 Å². The highest BCUT2D eigenvalue weighted by Gasteiger charge is 2.35. The van der Waals surface area contributed by atoms with Crippen molar-refractivity contribution in [3.8, 4) is 0 Å².